The Morgan fingerprint density at radius 1 is 0.865 bits per heavy atom. The lowest BCUT2D eigenvalue weighted by Gasteiger charge is -2.12. The predicted octanol–water partition coefficient (Wildman–Crippen LogP) is 5.95. The van der Waals surface area contributed by atoms with E-state index < -0.39 is 0 Å². The molecule has 1 amide bonds. The van der Waals surface area contributed by atoms with Crippen LogP contribution < -0.4 is 10.6 Å². The molecule has 6 nitrogen and oxygen atoms in total. The van der Waals surface area contributed by atoms with Gasteiger partial charge in [-0.2, -0.15) is 9.61 Å². The Bertz CT molecular complexity index is 1550. The largest absolute Gasteiger partial charge is 0.366 e. The van der Waals surface area contributed by atoms with Gasteiger partial charge in [-0.1, -0.05) is 78.9 Å². The molecule has 0 aliphatic rings. The molecule has 3 aromatic carbocycles. The highest BCUT2D eigenvalue weighted by atomic mass is 16.1. The van der Waals surface area contributed by atoms with E-state index in [-0.39, 0.29) is 5.91 Å². The van der Waals surface area contributed by atoms with E-state index in [0.29, 0.717) is 13.1 Å². The van der Waals surface area contributed by atoms with Crippen molar-refractivity contribution in [2.75, 3.05) is 5.32 Å². The average molecular weight is 488 g/mol. The predicted molar refractivity (Wildman–Crippen MR) is 149 cm³/mol. The molecule has 5 rings (SSSR count). The number of aryl methyl sites for hydroxylation is 2. The Hall–Kier alpha value is -4.71. The second kappa shape index (κ2) is 10.9. The number of benzene rings is 3. The molecule has 0 fully saturated rings. The maximum Gasteiger partial charge on any atom is 0.244 e. The van der Waals surface area contributed by atoms with E-state index in [1.807, 2.05) is 78.3 Å². The second-order valence-corrected chi connectivity index (χ2v) is 9.04. The van der Waals surface area contributed by atoms with Crippen molar-refractivity contribution >= 4 is 23.4 Å². The number of rotatable bonds is 8. The summed E-state index contributed by atoms with van der Waals surface area (Å²) in [4.78, 5) is 17.0. The SMILES string of the molecule is Cc1ccccc1-c1cc(NCc2ccc(CNC(=O)/C=C/c3ccccc3)cc2)n2ncc(C)c2n1. The fraction of sp³-hybridized carbons (Fsp3) is 0.129. The van der Waals surface area contributed by atoms with Crippen molar-refractivity contribution in [3.05, 3.63) is 125 Å². The zero-order chi connectivity index (χ0) is 25.6. The maximum atomic E-state index is 12.2. The Morgan fingerprint density at radius 2 is 1.57 bits per heavy atom. The van der Waals surface area contributed by atoms with Crippen LogP contribution in [-0.4, -0.2) is 20.5 Å². The van der Waals surface area contributed by atoms with Crippen LogP contribution in [0.2, 0.25) is 0 Å². The van der Waals surface area contributed by atoms with E-state index in [4.69, 9.17) is 4.98 Å². The number of carbonyl (C=O) groups is 1. The van der Waals surface area contributed by atoms with E-state index in [1.165, 1.54) is 5.56 Å². The van der Waals surface area contributed by atoms with Gasteiger partial charge in [0.2, 0.25) is 5.91 Å². The highest BCUT2D eigenvalue weighted by Crippen LogP contribution is 2.26. The third-order valence-electron chi connectivity index (χ3n) is 6.26. The Morgan fingerprint density at radius 3 is 2.32 bits per heavy atom. The van der Waals surface area contributed by atoms with Crippen molar-refractivity contribution in [2.24, 2.45) is 0 Å². The molecule has 0 spiro atoms. The van der Waals surface area contributed by atoms with Crippen LogP contribution in [0.4, 0.5) is 5.82 Å². The van der Waals surface area contributed by atoms with Crippen molar-refractivity contribution < 1.29 is 4.79 Å². The monoisotopic (exact) mass is 487 g/mol. The summed E-state index contributed by atoms with van der Waals surface area (Å²) in [6.07, 6.45) is 5.21. The minimum absolute atomic E-state index is 0.115. The number of hydrogen-bond donors (Lipinski definition) is 2. The number of carbonyl (C=O) groups excluding carboxylic acids is 1. The molecule has 2 aromatic heterocycles. The summed E-state index contributed by atoms with van der Waals surface area (Å²) < 4.78 is 1.85. The molecule has 0 aliphatic heterocycles. The van der Waals surface area contributed by atoms with Crippen LogP contribution in [-0.2, 0) is 17.9 Å². The minimum Gasteiger partial charge on any atom is -0.366 e. The highest BCUT2D eigenvalue weighted by Gasteiger charge is 2.12. The summed E-state index contributed by atoms with van der Waals surface area (Å²) in [5.74, 6) is 0.771. The number of nitrogens with zero attached hydrogens (tertiary/aromatic N) is 3. The molecule has 184 valence electrons. The summed E-state index contributed by atoms with van der Waals surface area (Å²) in [5, 5.41) is 11.0. The van der Waals surface area contributed by atoms with Gasteiger partial charge >= 0.3 is 0 Å². The smallest absolute Gasteiger partial charge is 0.244 e. The van der Waals surface area contributed by atoms with E-state index in [2.05, 4.69) is 53.0 Å². The lowest BCUT2D eigenvalue weighted by atomic mass is 10.1. The van der Waals surface area contributed by atoms with Crippen molar-refractivity contribution in [3.63, 3.8) is 0 Å². The lowest BCUT2D eigenvalue weighted by Crippen LogP contribution is -2.20. The van der Waals surface area contributed by atoms with Crippen LogP contribution in [0, 0.1) is 13.8 Å². The van der Waals surface area contributed by atoms with Gasteiger partial charge in [0.05, 0.1) is 11.9 Å². The number of anilines is 1. The first-order valence-corrected chi connectivity index (χ1v) is 12.3. The Balaban J connectivity index is 1.24. The molecular weight excluding hydrogens is 458 g/mol. The third-order valence-corrected chi connectivity index (χ3v) is 6.26. The normalized spacial score (nSPS) is 11.2. The summed E-state index contributed by atoms with van der Waals surface area (Å²) >= 11 is 0. The number of amides is 1. The Kier molecular flexibility index (Phi) is 7.08. The molecule has 0 radical (unpaired) electrons. The first-order chi connectivity index (χ1) is 18.1. The first-order valence-electron chi connectivity index (χ1n) is 12.3. The molecule has 2 N–H and O–H groups in total. The van der Waals surface area contributed by atoms with Crippen LogP contribution in [0.1, 0.15) is 27.8 Å². The van der Waals surface area contributed by atoms with Gasteiger partial charge in [-0.3, -0.25) is 4.79 Å². The Labute approximate surface area is 216 Å². The molecule has 0 unspecified atom stereocenters. The van der Waals surface area contributed by atoms with E-state index >= 15 is 0 Å². The molecule has 2 heterocycles. The molecule has 0 atom stereocenters. The lowest BCUT2D eigenvalue weighted by molar-refractivity contribution is -0.116. The molecule has 37 heavy (non-hydrogen) atoms. The van der Waals surface area contributed by atoms with Gasteiger partial charge < -0.3 is 10.6 Å². The molecular formula is C31H29N5O. The standard InChI is InChI=1S/C31H29N5O/c1-22-8-6-7-11-27(22)28-18-29(36-31(35-28)23(2)19-34-36)32-20-25-12-14-26(15-13-25)21-33-30(37)17-16-24-9-4-3-5-10-24/h3-19,32H,20-21H2,1-2H3,(H,33,37)/b17-16+. The first kappa shape index (κ1) is 24.0. The fourth-order valence-corrected chi connectivity index (χ4v) is 4.15. The van der Waals surface area contributed by atoms with Crippen LogP contribution in [0.5, 0.6) is 0 Å². The zero-order valence-electron chi connectivity index (χ0n) is 21.0. The van der Waals surface area contributed by atoms with Gasteiger partial charge in [0, 0.05) is 36.4 Å². The van der Waals surface area contributed by atoms with Crippen molar-refractivity contribution in [1.29, 1.82) is 0 Å². The topological polar surface area (TPSA) is 71.3 Å². The number of fused-ring (bicyclic) bond motifs is 1. The molecule has 0 aliphatic carbocycles. The third kappa shape index (κ3) is 5.76. The van der Waals surface area contributed by atoms with Gasteiger partial charge in [0.25, 0.3) is 0 Å². The molecule has 0 bridgehead atoms. The average Bonchev–Trinajstić information content (AvgIpc) is 3.31. The molecule has 5 aromatic rings. The second-order valence-electron chi connectivity index (χ2n) is 9.04. The number of aromatic nitrogens is 3. The molecule has 6 heteroatoms. The van der Waals surface area contributed by atoms with Crippen LogP contribution in [0.3, 0.4) is 0 Å². The van der Waals surface area contributed by atoms with Crippen molar-refractivity contribution in [2.45, 2.75) is 26.9 Å². The minimum atomic E-state index is -0.115. The summed E-state index contributed by atoms with van der Waals surface area (Å²) in [7, 11) is 0. The molecule has 0 saturated carbocycles. The van der Waals surface area contributed by atoms with E-state index in [9.17, 15) is 4.79 Å². The summed E-state index contributed by atoms with van der Waals surface area (Å²) in [6, 6.07) is 28.3. The summed E-state index contributed by atoms with van der Waals surface area (Å²) in [5.41, 5.74) is 8.26. The van der Waals surface area contributed by atoms with Gasteiger partial charge in [0.15, 0.2) is 5.65 Å². The quantitative estimate of drug-likeness (QED) is 0.265. The van der Waals surface area contributed by atoms with E-state index in [1.54, 1.807) is 6.08 Å². The van der Waals surface area contributed by atoms with Crippen molar-refractivity contribution in [1.82, 2.24) is 19.9 Å². The van der Waals surface area contributed by atoms with Gasteiger partial charge in [-0.05, 0) is 42.2 Å². The van der Waals surface area contributed by atoms with Crippen molar-refractivity contribution in [3.8, 4) is 11.3 Å². The van der Waals surface area contributed by atoms with Gasteiger partial charge in [-0.25, -0.2) is 4.98 Å². The van der Waals surface area contributed by atoms with Crippen LogP contribution in [0.25, 0.3) is 23.0 Å². The number of hydrogen-bond acceptors (Lipinski definition) is 4. The highest BCUT2D eigenvalue weighted by molar-refractivity contribution is 5.91. The van der Waals surface area contributed by atoms with E-state index in [0.717, 1.165) is 45.0 Å². The van der Waals surface area contributed by atoms with Gasteiger partial charge in [0.1, 0.15) is 5.82 Å². The maximum absolute atomic E-state index is 12.2. The van der Waals surface area contributed by atoms with Crippen LogP contribution >= 0.6 is 0 Å². The zero-order valence-corrected chi connectivity index (χ0v) is 21.0. The molecule has 0 saturated heterocycles. The summed E-state index contributed by atoms with van der Waals surface area (Å²) in [6.45, 7) is 5.23. The van der Waals surface area contributed by atoms with Crippen LogP contribution in [0.15, 0.2) is 97.2 Å². The van der Waals surface area contributed by atoms with Gasteiger partial charge in [-0.15, -0.1) is 0 Å². The fourth-order valence-electron chi connectivity index (χ4n) is 4.15. The number of nitrogens with one attached hydrogen (secondary N) is 2.